The molecule has 4 nitrogen and oxygen atoms in total. The Hall–Kier alpha value is -0.610. The number of carbonyl (C=O) groups is 1. The van der Waals surface area contributed by atoms with Crippen LogP contribution in [0.3, 0.4) is 0 Å². The second-order valence-corrected chi connectivity index (χ2v) is 5.55. The number of hydrogen-bond donors (Lipinski definition) is 1. The number of likely N-dealkylation sites (tertiary alicyclic amines) is 1. The van der Waals surface area contributed by atoms with Gasteiger partial charge in [0.1, 0.15) is 6.10 Å². The Morgan fingerprint density at radius 1 is 1.17 bits per heavy atom. The van der Waals surface area contributed by atoms with Crippen LogP contribution >= 0.6 is 0 Å². The van der Waals surface area contributed by atoms with E-state index in [9.17, 15) is 4.79 Å². The second kappa shape index (κ2) is 7.10. The molecule has 1 saturated heterocycles. The van der Waals surface area contributed by atoms with Gasteiger partial charge >= 0.3 is 5.97 Å². The van der Waals surface area contributed by atoms with Crippen molar-refractivity contribution in [1.82, 2.24) is 10.2 Å². The third-order valence-corrected chi connectivity index (χ3v) is 4.19. The van der Waals surface area contributed by atoms with Crippen LogP contribution in [0.25, 0.3) is 0 Å². The van der Waals surface area contributed by atoms with Crippen LogP contribution in [0.1, 0.15) is 44.9 Å². The highest BCUT2D eigenvalue weighted by Crippen LogP contribution is 2.25. The molecule has 0 bridgehead atoms. The molecule has 1 aliphatic carbocycles. The average molecular weight is 254 g/mol. The highest BCUT2D eigenvalue weighted by Gasteiger charge is 2.27. The molecule has 4 heteroatoms. The van der Waals surface area contributed by atoms with Gasteiger partial charge in [-0.1, -0.05) is 19.3 Å². The largest absolute Gasteiger partial charge is 0.461 e. The number of nitrogens with one attached hydrogen (secondary N) is 1. The first kappa shape index (κ1) is 13.8. The van der Waals surface area contributed by atoms with Crippen LogP contribution in [0.15, 0.2) is 0 Å². The smallest absolute Gasteiger partial charge is 0.320 e. The first-order valence-electron chi connectivity index (χ1n) is 7.37. The van der Waals surface area contributed by atoms with Crippen molar-refractivity contribution in [3.63, 3.8) is 0 Å². The molecule has 0 unspecified atom stereocenters. The molecule has 0 amide bonds. The standard InChI is InChI=1S/C14H26N2O2/c1-15-11-14(17)18-13-7-9-16(10-8-13)12-5-3-2-4-6-12/h12-13,15H,2-11H2,1H3. The van der Waals surface area contributed by atoms with Crippen LogP contribution in [0.4, 0.5) is 0 Å². The molecular formula is C14H26N2O2. The monoisotopic (exact) mass is 254 g/mol. The van der Waals surface area contributed by atoms with Crippen LogP contribution in [-0.4, -0.2) is 49.7 Å². The van der Waals surface area contributed by atoms with Crippen LogP contribution in [-0.2, 0) is 9.53 Å². The summed E-state index contributed by atoms with van der Waals surface area (Å²) in [5.41, 5.74) is 0. The fourth-order valence-corrected chi connectivity index (χ4v) is 3.18. The molecule has 0 radical (unpaired) electrons. The van der Waals surface area contributed by atoms with E-state index in [1.54, 1.807) is 7.05 Å². The molecule has 2 fully saturated rings. The van der Waals surface area contributed by atoms with E-state index in [2.05, 4.69) is 10.2 Å². The summed E-state index contributed by atoms with van der Waals surface area (Å²) >= 11 is 0. The molecule has 0 aromatic carbocycles. The molecule has 18 heavy (non-hydrogen) atoms. The van der Waals surface area contributed by atoms with Gasteiger partial charge in [-0.3, -0.25) is 4.79 Å². The van der Waals surface area contributed by atoms with Crippen molar-refractivity contribution in [3.05, 3.63) is 0 Å². The quantitative estimate of drug-likeness (QED) is 0.773. The maximum absolute atomic E-state index is 11.4. The zero-order valence-corrected chi connectivity index (χ0v) is 11.5. The topological polar surface area (TPSA) is 41.6 Å². The summed E-state index contributed by atoms with van der Waals surface area (Å²) < 4.78 is 5.44. The number of hydrogen-bond acceptors (Lipinski definition) is 4. The van der Waals surface area contributed by atoms with Crippen LogP contribution < -0.4 is 5.32 Å². The molecule has 0 aromatic rings. The maximum atomic E-state index is 11.4. The van der Waals surface area contributed by atoms with E-state index in [-0.39, 0.29) is 12.1 Å². The molecule has 1 heterocycles. The Labute approximate surface area is 110 Å². The van der Waals surface area contributed by atoms with Gasteiger partial charge < -0.3 is 15.0 Å². The molecule has 1 saturated carbocycles. The molecule has 1 aliphatic heterocycles. The van der Waals surface area contributed by atoms with Gasteiger partial charge in [0, 0.05) is 19.1 Å². The van der Waals surface area contributed by atoms with Gasteiger partial charge in [-0.2, -0.15) is 0 Å². The second-order valence-electron chi connectivity index (χ2n) is 5.55. The summed E-state index contributed by atoms with van der Waals surface area (Å²) in [5.74, 6) is -0.117. The molecule has 104 valence electrons. The van der Waals surface area contributed by atoms with Crippen molar-refractivity contribution in [2.75, 3.05) is 26.7 Å². The first-order valence-corrected chi connectivity index (χ1v) is 7.37. The highest BCUT2D eigenvalue weighted by atomic mass is 16.5. The average Bonchev–Trinajstić information content (AvgIpc) is 2.41. The van der Waals surface area contributed by atoms with Gasteiger partial charge in [0.05, 0.1) is 6.54 Å². The molecule has 0 spiro atoms. The van der Waals surface area contributed by atoms with E-state index >= 15 is 0 Å². The van der Waals surface area contributed by atoms with Gasteiger partial charge in [-0.15, -0.1) is 0 Å². The lowest BCUT2D eigenvalue weighted by molar-refractivity contribution is -0.150. The Morgan fingerprint density at radius 2 is 1.83 bits per heavy atom. The summed E-state index contributed by atoms with van der Waals surface area (Å²) in [6.07, 6.45) is 9.08. The lowest BCUT2D eigenvalue weighted by atomic mass is 9.92. The molecule has 1 N–H and O–H groups in total. The number of likely N-dealkylation sites (N-methyl/N-ethyl adjacent to an activating group) is 1. The number of ether oxygens (including phenoxy) is 1. The van der Waals surface area contributed by atoms with Gasteiger partial charge in [-0.25, -0.2) is 0 Å². The van der Waals surface area contributed by atoms with Crippen molar-refractivity contribution in [2.24, 2.45) is 0 Å². The molecule has 0 aromatic heterocycles. The van der Waals surface area contributed by atoms with Crippen molar-refractivity contribution in [3.8, 4) is 0 Å². The summed E-state index contributed by atoms with van der Waals surface area (Å²) in [6.45, 7) is 2.52. The van der Waals surface area contributed by atoms with E-state index < -0.39 is 0 Å². The number of piperidine rings is 1. The van der Waals surface area contributed by atoms with Crippen molar-refractivity contribution in [1.29, 1.82) is 0 Å². The Bertz CT molecular complexity index is 257. The third-order valence-electron chi connectivity index (χ3n) is 4.19. The predicted molar refractivity (Wildman–Crippen MR) is 71.5 cm³/mol. The molecular weight excluding hydrogens is 228 g/mol. The number of esters is 1. The lowest BCUT2D eigenvalue weighted by Crippen LogP contribution is -2.44. The molecule has 0 atom stereocenters. The minimum atomic E-state index is -0.117. The van der Waals surface area contributed by atoms with Crippen LogP contribution in [0.5, 0.6) is 0 Å². The minimum absolute atomic E-state index is 0.117. The third kappa shape index (κ3) is 3.95. The molecule has 2 rings (SSSR count). The van der Waals surface area contributed by atoms with E-state index in [0.29, 0.717) is 6.54 Å². The Balaban J connectivity index is 1.69. The number of carbonyl (C=O) groups excluding carboxylic acids is 1. The summed E-state index contributed by atoms with van der Waals surface area (Å²) in [7, 11) is 1.77. The van der Waals surface area contributed by atoms with Gasteiger partial charge in [-0.05, 0) is 32.7 Å². The summed E-state index contributed by atoms with van der Waals surface area (Å²) in [5, 5.41) is 2.83. The SMILES string of the molecule is CNCC(=O)OC1CCN(C2CCCCC2)CC1. The molecule has 2 aliphatic rings. The normalized spacial score (nSPS) is 24.1. The van der Waals surface area contributed by atoms with Crippen LogP contribution in [0, 0.1) is 0 Å². The number of nitrogens with zero attached hydrogens (tertiary/aromatic N) is 1. The van der Waals surface area contributed by atoms with Gasteiger partial charge in [0.15, 0.2) is 0 Å². The maximum Gasteiger partial charge on any atom is 0.320 e. The van der Waals surface area contributed by atoms with E-state index in [1.165, 1.54) is 32.1 Å². The van der Waals surface area contributed by atoms with E-state index in [0.717, 1.165) is 32.0 Å². The zero-order chi connectivity index (χ0) is 12.8. The summed E-state index contributed by atoms with van der Waals surface area (Å²) in [4.78, 5) is 14.0. The van der Waals surface area contributed by atoms with Crippen molar-refractivity contribution < 1.29 is 9.53 Å². The fraction of sp³-hybridized carbons (Fsp3) is 0.929. The van der Waals surface area contributed by atoms with Crippen LogP contribution in [0.2, 0.25) is 0 Å². The Kier molecular flexibility index (Phi) is 5.45. The fourth-order valence-electron chi connectivity index (χ4n) is 3.18. The van der Waals surface area contributed by atoms with Crippen molar-refractivity contribution >= 4 is 5.97 Å². The number of rotatable bonds is 4. The lowest BCUT2D eigenvalue weighted by Gasteiger charge is -2.39. The minimum Gasteiger partial charge on any atom is -0.461 e. The van der Waals surface area contributed by atoms with Gasteiger partial charge in [0.2, 0.25) is 0 Å². The highest BCUT2D eigenvalue weighted by molar-refractivity contribution is 5.71. The van der Waals surface area contributed by atoms with Crippen molar-refractivity contribution in [2.45, 2.75) is 57.1 Å². The summed E-state index contributed by atoms with van der Waals surface area (Å²) in [6, 6.07) is 0.799. The van der Waals surface area contributed by atoms with Gasteiger partial charge in [0.25, 0.3) is 0 Å². The van der Waals surface area contributed by atoms with E-state index in [1.807, 2.05) is 0 Å². The zero-order valence-electron chi connectivity index (χ0n) is 11.5. The van der Waals surface area contributed by atoms with E-state index in [4.69, 9.17) is 4.74 Å². The predicted octanol–water partition coefficient (Wildman–Crippen LogP) is 1.55. The Morgan fingerprint density at radius 3 is 2.44 bits per heavy atom. The first-order chi connectivity index (χ1) is 8.79.